The SMILES string of the molecule is Cc1ncc([N+](=O)[O-])n1CCOC(=O)Nc1ccc(O)cc1. The monoisotopic (exact) mass is 306 g/mol. The summed E-state index contributed by atoms with van der Waals surface area (Å²) < 4.78 is 6.31. The average molecular weight is 306 g/mol. The van der Waals surface area contributed by atoms with Gasteiger partial charge in [0.15, 0.2) is 5.82 Å². The summed E-state index contributed by atoms with van der Waals surface area (Å²) in [5.41, 5.74) is 0.465. The van der Waals surface area contributed by atoms with Crippen LogP contribution in [0.25, 0.3) is 0 Å². The van der Waals surface area contributed by atoms with E-state index < -0.39 is 11.0 Å². The molecule has 116 valence electrons. The van der Waals surface area contributed by atoms with Crippen molar-refractivity contribution in [3.63, 3.8) is 0 Å². The van der Waals surface area contributed by atoms with Gasteiger partial charge in [0.2, 0.25) is 0 Å². The summed E-state index contributed by atoms with van der Waals surface area (Å²) in [5.74, 6) is 0.399. The van der Waals surface area contributed by atoms with Gasteiger partial charge in [-0.15, -0.1) is 0 Å². The molecule has 0 saturated carbocycles. The molecule has 0 atom stereocenters. The van der Waals surface area contributed by atoms with Crippen LogP contribution in [0.4, 0.5) is 16.3 Å². The molecule has 0 spiro atoms. The summed E-state index contributed by atoms with van der Waals surface area (Å²) in [7, 11) is 0. The minimum Gasteiger partial charge on any atom is -0.508 e. The van der Waals surface area contributed by atoms with Gasteiger partial charge in [0.05, 0.1) is 0 Å². The highest BCUT2D eigenvalue weighted by Crippen LogP contribution is 2.15. The smallest absolute Gasteiger partial charge is 0.411 e. The number of amides is 1. The molecule has 9 heteroatoms. The first-order valence-corrected chi connectivity index (χ1v) is 6.36. The molecule has 2 aromatic rings. The molecule has 1 heterocycles. The Hall–Kier alpha value is -3.10. The fourth-order valence-corrected chi connectivity index (χ4v) is 1.81. The van der Waals surface area contributed by atoms with Crippen LogP contribution in [0.5, 0.6) is 5.75 Å². The molecule has 0 saturated heterocycles. The number of rotatable bonds is 5. The number of hydrogen-bond acceptors (Lipinski definition) is 6. The molecule has 0 fully saturated rings. The highest BCUT2D eigenvalue weighted by molar-refractivity contribution is 5.84. The topological polar surface area (TPSA) is 120 Å². The number of anilines is 1. The van der Waals surface area contributed by atoms with Gasteiger partial charge in [0.25, 0.3) is 0 Å². The summed E-state index contributed by atoms with van der Waals surface area (Å²) in [6, 6.07) is 5.88. The first kappa shape index (κ1) is 15.3. The summed E-state index contributed by atoms with van der Waals surface area (Å²) in [4.78, 5) is 25.7. The van der Waals surface area contributed by atoms with Crippen LogP contribution in [-0.4, -0.2) is 32.3 Å². The van der Waals surface area contributed by atoms with Gasteiger partial charge in [0.1, 0.15) is 25.1 Å². The second-order valence-electron chi connectivity index (χ2n) is 4.38. The third kappa shape index (κ3) is 3.72. The van der Waals surface area contributed by atoms with E-state index in [4.69, 9.17) is 9.84 Å². The maximum absolute atomic E-state index is 11.6. The maximum atomic E-state index is 11.6. The molecule has 0 unspecified atom stereocenters. The second-order valence-corrected chi connectivity index (χ2v) is 4.38. The third-order valence-corrected chi connectivity index (χ3v) is 2.88. The largest absolute Gasteiger partial charge is 0.508 e. The fourth-order valence-electron chi connectivity index (χ4n) is 1.81. The molecule has 2 rings (SSSR count). The standard InChI is InChI=1S/C13H14N4O5/c1-9-14-8-12(17(20)21)16(9)6-7-22-13(19)15-10-2-4-11(18)5-3-10/h2-5,8,18H,6-7H2,1H3,(H,15,19). The number of aromatic nitrogens is 2. The van der Waals surface area contributed by atoms with Crippen molar-refractivity contribution in [2.24, 2.45) is 0 Å². The first-order chi connectivity index (χ1) is 10.5. The zero-order valence-electron chi connectivity index (χ0n) is 11.7. The van der Waals surface area contributed by atoms with Gasteiger partial charge in [-0.05, 0) is 29.2 Å². The lowest BCUT2D eigenvalue weighted by atomic mass is 10.3. The summed E-state index contributed by atoms with van der Waals surface area (Å²) in [6.45, 7) is 1.72. The summed E-state index contributed by atoms with van der Waals surface area (Å²) in [6.07, 6.45) is 0.470. The highest BCUT2D eigenvalue weighted by atomic mass is 16.6. The van der Waals surface area contributed by atoms with Gasteiger partial charge in [-0.1, -0.05) is 0 Å². The summed E-state index contributed by atoms with van der Waals surface area (Å²) in [5, 5.41) is 22.4. The van der Waals surface area contributed by atoms with E-state index >= 15 is 0 Å². The van der Waals surface area contributed by atoms with Crippen molar-refractivity contribution in [3.05, 3.63) is 46.4 Å². The van der Waals surface area contributed by atoms with Crippen molar-refractivity contribution in [3.8, 4) is 5.75 Å². The molecule has 22 heavy (non-hydrogen) atoms. The van der Waals surface area contributed by atoms with E-state index in [1.54, 1.807) is 6.92 Å². The van der Waals surface area contributed by atoms with Crippen LogP contribution >= 0.6 is 0 Å². The molecule has 0 aliphatic rings. The molecule has 9 nitrogen and oxygen atoms in total. The Labute approximate surface area is 125 Å². The number of phenols is 1. The van der Waals surface area contributed by atoms with Crippen molar-refractivity contribution < 1.29 is 19.6 Å². The van der Waals surface area contributed by atoms with Gasteiger partial charge in [-0.25, -0.2) is 14.3 Å². The number of hydrogen-bond donors (Lipinski definition) is 2. The molecule has 1 aromatic carbocycles. The fraction of sp³-hybridized carbons (Fsp3) is 0.231. The zero-order valence-corrected chi connectivity index (χ0v) is 11.7. The van der Waals surface area contributed by atoms with Crippen molar-refractivity contribution in [1.82, 2.24) is 9.55 Å². The Balaban J connectivity index is 1.86. The predicted molar refractivity (Wildman–Crippen MR) is 76.7 cm³/mol. The molecule has 2 N–H and O–H groups in total. The normalized spacial score (nSPS) is 10.2. The second kappa shape index (κ2) is 6.57. The zero-order chi connectivity index (χ0) is 16.1. The van der Waals surface area contributed by atoms with Crippen molar-refractivity contribution >= 4 is 17.6 Å². The number of ether oxygens (including phenoxy) is 1. The van der Waals surface area contributed by atoms with Gasteiger partial charge >= 0.3 is 11.9 Å². The first-order valence-electron chi connectivity index (χ1n) is 6.36. The Morgan fingerprint density at radius 3 is 2.77 bits per heavy atom. The number of aromatic hydroxyl groups is 1. The molecule has 1 amide bonds. The third-order valence-electron chi connectivity index (χ3n) is 2.88. The van der Waals surface area contributed by atoms with Crippen LogP contribution in [-0.2, 0) is 11.3 Å². The predicted octanol–water partition coefficient (Wildman–Crippen LogP) is 2.05. The minimum atomic E-state index is -0.689. The van der Waals surface area contributed by atoms with Crippen LogP contribution in [0.2, 0.25) is 0 Å². The Kier molecular flexibility index (Phi) is 4.57. The number of aryl methyl sites for hydroxylation is 1. The van der Waals surface area contributed by atoms with E-state index in [-0.39, 0.29) is 24.7 Å². The van der Waals surface area contributed by atoms with Gasteiger partial charge in [-0.3, -0.25) is 5.32 Å². The van der Waals surface area contributed by atoms with E-state index in [9.17, 15) is 14.9 Å². The highest BCUT2D eigenvalue weighted by Gasteiger charge is 2.17. The van der Waals surface area contributed by atoms with E-state index in [0.29, 0.717) is 11.5 Å². The molecule has 0 aliphatic carbocycles. The number of nitrogens with zero attached hydrogens (tertiary/aromatic N) is 3. The quantitative estimate of drug-likeness (QED) is 0.495. The number of imidazole rings is 1. The lowest BCUT2D eigenvalue weighted by Crippen LogP contribution is -2.18. The van der Waals surface area contributed by atoms with Crippen LogP contribution in [0.15, 0.2) is 30.5 Å². The lowest BCUT2D eigenvalue weighted by molar-refractivity contribution is -0.392. The van der Waals surface area contributed by atoms with Crippen molar-refractivity contribution in [1.29, 1.82) is 0 Å². The van der Waals surface area contributed by atoms with E-state index in [0.717, 1.165) is 6.20 Å². The molecule has 0 aliphatic heterocycles. The van der Waals surface area contributed by atoms with Crippen LogP contribution in [0, 0.1) is 17.0 Å². The lowest BCUT2D eigenvalue weighted by Gasteiger charge is -2.07. The average Bonchev–Trinajstić information content (AvgIpc) is 2.83. The van der Waals surface area contributed by atoms with Crippen LogP contribution in [0.3, 0.4) is 0 Å². The maximum Gasteiger partial charge on any atom is 0.411 e. The Morgan fingerprint density at radius 2 is 2.14 bits per heavy atom. The van der Waals surface area contributed by atoms with Crippen molar-refractivity contribution in [2.45, 2.75) is 13.5 Å². The number of nitrogens with one attached hydrogen (secondary N) is 1. The number of nitro groups is 1. The molecular weight excluding hydrogens is 292 g/mol. The van der Waals surface area contributed by atoms with Gasteiger partial charge in [-0.2, -0.15) is 0 Å². The van der Waals surface area contributed by atoms with Gasteiger partial charge in [0, 0.05) is 12.6 Å². The van der Waals surface area contributed by atoms with Crippen LogP contribution < -0.4 is 5.32 Å². The number of carbonyl (C=O) groups excluding carboxylic acids is 1. The minimum absolute atomic E-state index is 0.0397. The molecule has 0 bridgehead atoms. The Bertz CT molecular complexity index is 680. The molecule has 1 aromatic heterocycles. The van der Waals surface area contributed by atoms with Crippen molar-refractivity contribution in [2.75, 3.05) is 11.9 Å². The number of benzene rings is 1. The Morgan fingerprint density at radius 1 is 1.45 bits per heavy atom. The van der Waals surface area contributed by atoms with E-state index in [1.165, 1.54) is 28.8 Å². The van der Waals surface area contributed by atoms with Gasteiger partial charge < -0.3 is 20.0 Å². The van der Waals surface area contributed by atoms with E-state index in [1.807, 2.05) is 0 Å². The number of phenolic OH excluding ortho intramolecular Hbond substituents is 1. The molecular formula is C13H14N4O5. The van der Waals surface area contributed by atoms with E-state index in [2.05, 4.69) is 10.3 Å². The summed E-state index contributed by atoms with van der Waals surface area (Å²) >= 11 is 0. The van der Waals surface area contributed by atoms with Crippen LogP contribution in [0.1, 0.15) is 5.82 Å². The molecule has 0 radical (unpaired) electrons. The number of carbonyl (C=O) groups is 1.